The number of hydrogen-bond acceptors (Lipinski definition) is 3. The Morgan fingerprint density at radius 3 is 2.87 bits per heavy atom. The van der Waals surface area contributed by atoms with Crippen LogP contribution in [0.15, 0.2) is 6.07 Å². The van der Waals surface area contributed by atoms with Crippen molar-refractivity contribution in [2.45, 2.75) is 38.8 Å². The van der Waals surface area contributed by atoms with E-state index < -0.39 is 6.09 Å². The first-order valence-corrected chi connectivity index (χ1v) is 8.05. The summed E-state index contributed by atoms with van der Waals surface area (Å²) in [6.07, 6.45) is 0.0251. The van der Waals surface area contributed by atoms with Gasteiger partial charge in [-0.2, -0.15) is 0 Å². The average molecular weight is 344 g/mol. The number of piperidine rings is 1. The molecule has 1 aromatic rings. The zero-order valence-corrected chi connectivity index (χ0v) is 14.0. The van der Waals surface area contributed by atoms with E-state index in [9.17, 15) is 9.59 Å². The summed E-state index contributed by atoms with van der Waals surface area (Å²) in [4.78, 5) is 27.7. The summed E-state index contributed by atoms with van der Waals surface area (Å²) in [5, 5.41) is 12.6. The van der Waals surface area contributed by atoms with Crippen LogP contribution in [0.5, 0.6) is 0 Å². The summed E-state index contributed by atoms with van der Waals surface area (Å²) < 4.78 is 5.73. The molecule has 128 valence electrons. The average Bonchev–Trinajstić information content (AvgIpc) is 2.85. The third-order valence-electron chi connectivity index (χ3n) is 3.88. The van der Waals surface area contributed by atoms with Gasteiger partial charge in [0.05, 0.1) is 23.7 Å². The summed E-state index contributed by atoms with van der Waals surface area (Å²) >= 11 is 5.96. The monoisotopic (exact) mass is 343 g/mol. The molecule has 1 aliphatic heterocycles. The second-order valence-electron chi connectivity index (χ2n) is 5.66. The fraction of sp³-hybridized carbons (Fsp3) is 0.600. The van der Waals surface area contributed by atoms with Gasteiger partial charge in [-0.15, -0.1) is 0 Å². The van der Waals surface area contributed by atoms with Crippen LogP contribution in [0.25, 0.3) is 0 Å². The van der Waals surface area contributed by atoms with E-state index in [4.69, 9.17) is 21.4 Å². The number of ether oxygens (including phenoxy) is 1. The highest BCUT2D eigenvalue weighted by molar-refractivity contribution is 6.31. The number of aryl methyl sites for hydroxylation is 1. The highest BCUT2D eigenvalue weighted by Gasteiger charge is 2.33. The van der Waals surface area contributed by atoms with Gasteiger partial charge in [0.1, 0.15) is 5.69 Å². The number of aromatic amines is 1. The van der Waals surface area contributed by atoms with Gasteiger partial charge in [-0.3, -0.25) is 4.79 Å². The van der Waals surface area contributed by atoms with Crippen LogP contribution < -0.4 is 5.32 Å². The third kappa shape index (κ3) is 4.39. The van der Waals surface area contributed by atoms with Gasteiger partial charge in [-0.25, -0.2) is 4.79 Å². The van der Waals surface area contributed by atoms with E-state index in [-0.39, 0.29) is 24.6 Å². The van der Waals surface area contributed by atoms with E-state index in [0.29, 0.717) is 30.3 Å². The minimum atomic E-state index is -0.966. The molecule has 1 saturated heterocycles. The molecule has 0 spiro atoms. The van der Waals surface area contributed by atoms with Crippen LogP contribution >= 0.6 is 11.6 Å². The van der Waals surface area contributed by atoms with Gasteiger partial charge in [-0.05, 0) is 25.8 Å². The summed E-state index contributed by atoms with van der Waals surface area (Å²) in [6.45, 7) is 4.92. The molecule has 23 heavy (non-hydrogen) atoms. The van der Waals surface area contributed by atoms with Crippen molar-refractivity contribution >= 4 is 23.6 Å². The Labute approximate surface area is 139 Å². The van der Waals surface area contributed by atoms with Gasteiger partial charge in [-0.1, -0.05) is 18.5 Å². The number of H-pyrrole nitrogens is 1. The molecule has 7 nitrogen and oxygen atoms in total. The molecule has 2 unspecified atom stereocenters. The van der Waals surface area contributed by atoms with Crippen LogP contribution in [-0.4, -0.2) is 58.8 Å². The number of nitrogens with zero attached hydrogens (tertiary/aromatic N) is 1. The molecular weight excluding hydrogens is 322 g/mol. The lowest BCUT2D eigenvalue weighted by atomic mass is 10.0. The fourth-order valence-electron chi connectivity index (χ4n) is 2.59. The van der Waals surface area contributed by atoms with E-state index >= 15 is 0 Å². The number of hydrogen-bond donors (Lipinski definition) is 3. The molecule has 0 bridgehead atoms. The Kier molecular flexibility index (Phi) is 5.90. The number of halogens is 1. The van der Waals surface area contributed by atoms with Gasteiger partial charge in [0.15, 0.2) is 0 Å². The first kappa shape index (κ1) is 17.6. The molecule has 0 aromatic carbocycles. The topological polar surface area (TPSA) is 94.7 Å². The van der Waals surface area contributed by atoms with Crippen LogP contribution in [-0.2, 0) is 4.74 Å². The number of carbonyl (C=O) groups excluding carboxylic acids is 1. The van der Waals surface area contributed by atoms with Crippen molar-refractivity contribution in [3.63, 3.8) is 0 Å². The normalized spacial score (nSPS) is 21.3. The lowest BCUT2D eigenvalue weighted by Crippen LogP contribution is -2.56. The molecule has 1 aromatic heterocycles. The molecule has 3 N–H and O–H groups in total. The van der Waals surface area contributed by atoms with Crippen molar-refractivity contribution in [3.8, 4) is 0 Å². The molecule has 2 amide bonds. The first-order valence-electron chi connectivity index (χ1n) is 7.67. The summed E-state index contributed by atoms with van der Waals surface area (Å²) in [6, 6.07) is 1.35. The summed E-state index contributed by atoms with van der Waals surface area (Å²) in [5.41, 5.74) is 1.12. The van der Waals surface area contributed by atoms with Gasteiger partial charge < -0.3 is 25.0 Å². The second kappa shape index (κ2) is 7.70. The maximum Gasteiger partial charge on any atom is 0.407 e. The largest absolute Gasteiger partial charge is 0.465 e. The Morgan fingerprint density at radius 2 is 2.30 bits per heavy atom. The highest BCUT2D eigenvalue weighted by Crippen LogP contribution is 2.18. The van der Waals surface area contributed by atoms with Gasteiger partial charge in [0.2, 0.25) is 0 Å². The third-order valence-corrected chi connectivity index (χ3v) is 4.27. The van der Waals surface area contributed by atoms with Gasteiger partial charge in [0.25, 0.3) is 5.91 Å². The Bertz CT molecular complexity index is 556. The van der Waals surface area contributed by atoms with Crippen LogP contribution in [0.1, 0.15) is 35.9 Å². The molecule has 1 aliphatic rings. The van der Waals surface area contributed by atoms with Crippen molar-refractivity contribution in [1.29, 1.82) is 0 Å². The fourth-order valence-corrected chi connectivity index (χ4v) is 2.75. The number of amides is 2. The predicted octanol–water partition coefficient (Wildman–Crippen LogP) is 2.25. The number of nitrogens with one attached hydrogen (secondary N) is 2. The van der Waals surface area contributed by atoms with Gasteiger partial charge in [0, 0.05) is 18.8 Å². The molecule has 0 radical (unpaired) electrons. The Morgan fingerprint density at radius 1 is 1.57 bits per heavy atom. The maximum absolute atomic E-state index is 12.3. The standard InChI is InChI=1S/C15H22ClN3O4/c1-3-6-23-13-8-19(15(21)22)5-4-11(13)18-14(20)12-7-10(16)9(2)17-12/h7,11,13,17H,3-6,8H2,1-2H3,(H,18,20)(H,21,22). The Hall–Kier alpha value is -1.73. The molecule has 8 heteroatoms. The number of aromatic nitrogens is 1. The van der Waals surface area contributed by atoms with Crippen molar-refractivity contribution in [1.82, 2.24) is 15.2 Å². The van der Waals surface area contributed by atoms with Crippen LogP contribution in [0.4, 0.5) is 4.79 Å². The van der Waals surface area contributed by atoms with Crippen molar-refractivity contribution < 1.29 is 19.4 Å². The molecule has 2 heterocycles. The summed E-state index contributed by atoms with van der Waals surface area (Å²) in [7, 11) is 0. The van der Waals surface area contributed by atoms with E-state index in [1.54, 1.807) is 13.0 Å². The van der Waals surface area contributed by atoms with E-state index in [1.165, 1.54) is 4.90 Å². The lowest BCUT2D eigenvalue weighted by molar-refractivity contribution is -0.0162. The van der Waals surface area contributed by atoms with E-state index in [0.717, 1.165) is 12.1 Å². The van der Waals surface area contributed by atoms with Crippen molar-refractivity contribution in [2.75, 3.05) is 19.7 Å². The predicted molar refractivity (Wildman–Crippen MR) is 86.0 cm³/mol. The number of carboxylic acid groups (broad SMARTS) is 1. The smallest absolute Gasteiger partial charge is 0.407 e. The van der Waals surface area contributed by atoms with Crippen molar-refractivity contribution in [3.05, 3.63) is 22.5 Å². The van der Waals surface area contributed by atoms with Crippen LogP contribution in [0, 0.1) is 6.92 Å². The summed E-state index contributed by atoms with van der Waals surface area (Å²) in [5.74, 6) is -0.265. The maximum atomic E-state index is 12.3. The lowest BCUT2D eigenvalue weighted by Gasteiger charge is -2.37. The molecule has 0 saturated carbocycles. The Balaban J connectivity index is 2.03. The zero-order valence-electron chi connectivity index (χ0n) is 13.3. The number of carbonyl (C=O) groups is 2. The SMILES string of the molecule is CCCOC1CN(C(=O)O)CCC1NC(=O)c1cc(Cl)c(C)[nH]1. The van der Waals surface area contributed by atoms with E-state index in [2.05, 4.69) is 10.3 Å². The second-order valence-corrected chi connectivity index (χ2v) is 6.07. The highest BCUT2D eigenvalue weighted by atomic mass is 35.5. The molecule has 1 fully saturated rings. The van der Waals surface area contributed by atoms with Crippen LogP contribution in [0.2, 0.25) is 5.02 Å². The van der Waals surface area contributed by atoms with Crippen LogP contribution in [0.3, 0.4) is 0 Å². The quantitative estimate of drug-likeness (QED) is 0.764. The van der Waals surface area contributed by atoms with Gasteiger partial charge >= 0.3 is 6.09 Å². The molecular formula is C15H22ClN3O4. The zero-order chi connectivity index (χ0) is 17.0. The minimum absolute atomic E-state index is 0.230. The van der Waals surface area contributed by atoms with Crippen molar-refractivity contribution in [2.24, 2.45) is 0 Å². The first-order chi connectivity index (χ1) is 10.9. The molecule has 2 rings (SSSR count). The number of rotatable bonds is 5. The molecule has 0 aliphatic carbocycles. The number of likely N-dealkylation sites (tertiary alicyclic amines) is 1. The van der Waals surface area contributed by atoms with E-state index in [1.807, 2.05) is 6.92 Å². The molecule has 2 atom stereocenters. The minimum Gasteiger partial charge on any atom is -0.465 e.